The van der Waals surface area contributed by atoms with Crippen LogP contribution in [0.1, 0.15) is 32.2 Å². The molecule has 0 fully saturated rings. The van der Waals surface area contributed by atoms with Gasteiger partial charge in [-0.1, -0.05) is 32.9 Å². The molecule has 0 aliphatic carbocycles. The van der Waals surface area contributed by atoms with Gasteiger partial charge in [0.25, 0.3) is 10.0 Å². The number of anilines is 1. The van der Waals surface area contributed by atoms with Gasteiger partial charge in [0.1, 0.15) is 0 Å². The van der Waals surface area contributed by atoms with E-state index in [1.54, 1.807) is 12.1 Å². The first-order valence-electron chi connectivity index (χ1n) is 8.07. The molecule has 0 atom stereocenters. The number of imidazole rings is 1. The summed E-state index contributed by atoms with van der Waals surface area (Å²) in [7, 11) is -3.87. The van der Waals surface area contributed by atoms with Crippen LogP contribution in [0.15, 0.2) is 47.4 Å². The van der Waals surface area contributed by atoms with E-state index in [0.717, 1.165) is 5.56 Å². The number of nitrogens with zero attached hydrogens (tertiary/aromatic N) is 1. The number of halogens is 3. The van der Waals surface area contributed by atoms with Crippen molar-refractivity contribution >= 4 is 26.7 Å². The van der Waals surface area contributed by atoms with Gasteiger partial charge in [-0.2, -0.15) is 13.2 Å². The fourth-order valence-corrected chi connectivity index (χ4v) is 3.61. The zero-order valence-corrected chi connectivity index (χ0v) is 15.7. The molecule has 0 saturated carbocycles. The van der Waals surface area contributed by atoms with Crippen LogP contribution in [-0.2, 0) is 21.6 Å². The van der Waals surface area contributed by atoms with Crippen molar-refractivity contribution in [3.8, 4) is 0 Å². The maximum atomic E-state index is 12.7. The SMILES string of the molecule is CC(C)(C)c1ccc(S(=O)(=O)Nc2ccc3nc(C(F)(F)F)[nH]c3c2)cc1. The van der Waals surface area contributed by atoms with Crippen LogP contribution in [0.3, 0.4) is 0 Å². The summed E-state index contributed by atoms with van der Waals surface area (Å²) in [6.45, 7) is 6.05. The highest BCUT2D eigenvalue weighted by molar-refractivity contribution is 7.92. The number of H-pyrrole nitrogens is 1. The van der Waals surface area contributed by atoms with Crippen molar-refractivity contribution in [2.75, 3.05) is 4.72 Å². The van der Waals surface area contributed by atoms with Crippen molar-refractivity contribution in [1.29, 1.82) is 0 Å². The van der Waals surface area contributed by atoms with E-state index in [0.29, 0.717) is 0 Å². The lowest BCUT2D eigenvalue weighted by molar-refractivity contribution is -0.144. The van der Waals surface area contributed by atoms with Gasteiger partial charge in [-0.25, -0.2) is 13.4 Å². The first-order chi connectivity index (χ1) is 12.4. The van der Waals surface area contributed by atoms with E-state index in [2.05, 4.69) is 14.7 Å². The topological polar surface area (TPSA) is 74.8 Å². The van der Waals surface area contributed by atoms with E-state index in [4.69, 9.17) is 0 Å². The highest BCUT2D eigenvalue weighted by Gasteiger charge is 2.34. The quantitative estimate of drug-likeness (QED) is 0.674. The average molecular weight is 397 g/mol. The van der Waals surface area contributed by atoms with E-state index in [1.807, 2.05) is 20.8 Å². The summed E-state index contributed by atoms with van der Waals surface area (Å²) in [5.41, 5.74) is 1.20. The lowest BCUT2D eigenvalue weighted by atomic mass is 9.87. The summed E-state index contributed by atoms with van der Waals surface area (Å²) in [6.07, 6.45) is -4.60. The molecule has 0 saturated heterocycles. The number of hydrogen-bond donors (Lipinski definition) is 2. The van der Waals surface area contributed by atoms with Gasteiger partial charge in [-0.05, 0) is 41.3 Å². The number of benzene rings is 2. The summed E-state index contributed by atoms with van der Waals surface area (Å²) >= 11 is 0. The van der Waals surface area contributed by atoms with Crippen molar-refractivity contribution in [2.45, 2.75) is 37.3 Å². The molecule has 0 aliphatic heterocycles. The third kappa shape index (κ3) is 4.08. The zero-order chi connectivity index (χ0) is 20.0. The number of fused-ring (bicyclic) bond motifs is 1. The molecule has 0 bridgehead atoms. The molecule has 0 aliphatic rings. The Kier molecular flexibility index (Phi) is 4.46. The van der Waals surface area contributed by atoms with E-state index in [-0.39, 0.29) is 27.0 Å². The van der Waals surface area contributed by atoms with Crippen LogP contribution in [0.2, 0.25) is 0 Å². The van der Waals surface area contributed by atoms with Crippen LogP contribution in [0.25, 0.3) is 11.0 Å². The molecule has 0 amide bonds. The van der Waals surface area contributed by atoms with E-state index >= 15 is 0 Å². The third-order valence-electron chi connectivity index (χ3n) is 4.03. The molecule has 9 heteroatoms. The van der Waals surface area contributed by atoms with Crippen molar-refractivity contribution in [2.24, 2.45) is 0 Å². The zero-order valence-electron chi connectivity index (χ0n) is 14.8. The minimum atomic E-state index is -4.60. The van der Waals surface area contributed by atoms with Crippen molar-refractivity contribution in [1.82, 2.24) is 9.97 Å². The normalized spacial score (nSPS) is 13.1. The van der Waals surface area contributed by atoms with Crippen LogP contribution < -0.4 is 4.72 Å². The molecule has 3 rings (SSSR count). The molecule has 0 spiro atoms. The van der Waals surface area contributed by atoms with Crippen molar-refractivity contribution < 1.29 is 21.6 Å². The predicted octanol–water partition coefficient (Wildman–Crippen LogP) is 4.68. The maximum Gasteiger partial charge on any atom is 0.449 e. The first-order valence-corrected chi connectivity index (χ1v) is 9.55. The molecule has 3 aromatic rings. The smallest absolute Gasteiger partial charge is 0.334 e. The fraction of sp³-hybridized carbons (Fsp3) is 0.278. The third-order valence-corrected chi connectivity index (χ3v) is 5.43. The minimum absolute atomic E-state index is 0.0659. The van der Waals surface area contributed by atoms with Crippen molar-refractivity contribution in [3.05, 3.63) is 53.9 Å². The minimum Gasteiger partial charge on any atom is -0.334 e. The molecule has 5 nitrogen and oxygen atoms in total. The standard InChI is InChI=1S/C18H18F3N3O2S/c1-17(2,3)11-4-7-13(8-5-11)27(25,26)24-12-6-9-14-15(10-12)23-16(22-14)18(19,20)21/h4-10,24H,1-3H3,(H,22,23). The lowest BCUT2D eigenvalue weighted by Crippen LogP contribution is -2.14. The highest BCUT2D eigenvalue weighted by Crippen LogP contribution is 2.30. The average Bonchev–Trinajstić information content (AvgIpc) is 2.97. The van der Waals surface area contributed by atoms with Crippen molar-refractivity contribution in [3.63, 3.8) is 0 Å². The molecule has 0 radical (unpaired) electrons. The molecule has 2 aromatic carbocycles. The van der Waals surface area contributed by atoms with Gasteiger partial charge in [0.15, 0.2) is 0 Å². The number of hydrogen-bond acceptors (Lipinski definition) is 3. The molecular formula is C18H18F3N3O2S. The van der Waals surface area contributed by atoms with Crippen LogP contribution in [0.5, 0.6) is 0 Å². The first kappa shape index (κ1) is 19.2. The number of rotatable bonds is 3. The predicted molar refractivity (Wildman–Crippen MR) is 97.0 cm³/mol. The Morgan fingerprint density at radius 1 is 1.00 bits per heavy atom. The second kappa shape index (κ2) is 6.26. The van der Waals surface area contributed by atoms with Gasteiger partial charge in [-0.15, -0.1) is 0 Å². The molecular weight excluding hydrogens is 379 g/mol. The summed E-state index contributed by atoms with van der Waals surface area (Å²) in [5, 5.41) is 0. The van der Waals surface area contributed by atoms with Crippen LogP contribution in [-0.4, -0.2) is 18.4 Å². The Bertz CT molecular complexity index is 1080. The van der Waals surface area contributed by atoms with Gasteiger partial charge < -0.3 is 4.98 Å². The molecule has 2 N–H and O–H groups in total. The van der Waals surface area contributed by atoms with E-state index < -0.39 is 22.0 Å². The monoisotopic (exact) mass is 397 g/mol. The number of alkyl halides is 3. The molecule has 27 heavy (non-hydrogen) atoms. The lowest BCUT2D eigenvalue weighted by Gasteiger charge is -2.19. The second-order valence-corrected chi connectivity index (χ2v) is 8.88. The van der Waals surface area contributed by atoms with Crippen LogP contribution in [0.4, 0.5) is 18.9 Å². The Labute approximate surface area is 154 Å². The van der Waals surface area contributed by atoms with E-state index in [9.17, 15) is 21.6 Å². The number of sulfonamides is 1. The van der Waals surface area contributed by atoms with Crippen LogP contribution in [0, 0.1) is 0 Å². The molecule has 144 valence electrons. The summed E-state index contributed by atoms with van der Waals surface area (Å²) < 4.78 is 65.7. The molecule has 1 aromatic heterocycles. The van der Waals surface area contributed by atoms with Gasteiger partial charge in [0.05, 0.1) is 21.6 Å². The van der Waals surface area contributed by atoms with Gasteiger partial charge in [0, 0.05) is 0 Å². The largest absolute Gasteiger partial charge is 0.449 e. The Hall–Kier alpha value is -2.55. The number of nitrogens with one attached hydrogen (secondary N) is 2. The number of aromatic amines is 1. The summed E-state index contributed by atoms with van der Waals surface area (Å²) in [4.78, 5) is 5.68. The molecule has 0 unspecified atom stereocenters. The Morgan fingerprint density at radius 3 is 2.19 bits per heavy atom. The molecule has 1 heterocycles. The maximum absolute atomic E-state index is 12.7. The van der Waals surface area contributed by atoms with Crippen LogP contribution >= 0.6 is 0 Å². The van der Waals surface area contributed by atoms with Gasteiger partial charge >= 0.3 is 6.18 Å². The summed E-state index contributed by atoms with van der Waals surface area (Å²) in [5.74, 6) is -1.13. The number of aromatic nitrogens is 2. The van der Waals surface area contributed by atoms with Gasteiger partial charge in [-0.3, -0.25) is 4.72 Å². The Balaban J connectivity index is 1.89. The highest BCUT2D eigenvalue weighted by atomic mass is 32.2. The van der Waals surface area contributed by atoms with E-state index in [1.165, 1.54) is 30.3 Å². The van der Waals surface area contributed by atoms with Gasteiger partial charge in [0.2, 0.25) is 5.82 Å². The second-order valence-electron chi connectivity index (χ2n) is 7.19. The fourth-order valence-electron chi connectivity index (χ4n) is 2.56. The Morgan fingerprint density at radius 2 is 1.63 bits per heavy atom. The summed E-state index contributed by atoms with van der Waals surface area (Å²) in [6, 6.07) is 10.4.